The van der Waals surface area contributed by atoms with E-state index in [1.165, 1.54) is 18.2 Å². The molecule has 0 spiro atoms. The molecule has 1 fully saturated rings. The summed E-state index contributed by atoms with van der Waals surface area (Å²) < 4.78 is 43.2. The van der Waals surface area contributed by atoms with Gasteiger partial charge in [-0.05, 0) is 0 Å². The van der Waals surface area contributed by atoms with Crippen LogP contribution in [0.5, 0.6) is 0 Å². The number of rotatable bonds is 5. The molecule has 2 aromatic rings. The van der Waals surface area contributed by atoms with Gasteiger partial charge in [-0.15, -0.1) is 12.4 Å². The van der Waals surface area contributed by atoms with Gasteiger partial charge in [-0.3, -0.25) is 0 Å². The van der Waals surface area contributed by atoms with E-state index in [0.29, 0.717) is 10.8 Å². The average molecular weight is 614 g/mol. The minimum Gasteiger partial charge on any atom is -0.147 e. The molecule has 0 bridgehead atoms. The Morgan fingerprint density at radius 1 is 1.23 bits per heavy atom. The van der Waals surface area contributed by atoms with E-state index < -0.39 is 54.9 Å². The molecule has 1 unspecified atom stereocenters. The first-order valence-corrected chi connectivity index (χ1v) is 16.1. The van der Waals surface area contributed by atoms with Crippen LogP contribution >= 0.6 is 35.6 Å². The van der Waals surface area contributed by atoms with Gasteiger partial charge in [0.25, 0.3) is 0 Å². The van der Waals surface area contributed by atoms with Crippen LogP contribution in [0.1, 0.15) is 39.9 Å². The first-order chi connectivity index (χ1) is 15.7. The van der Waals surface area contributed by atoms with E-state index in [2.05, 4.69) is 11.4 Å². The van der Waals surface area contributed by atoms with Crippen molar-refractivity contribution in [1.29, 1.82) is 0 Å². The Hall–Kier alpha value is -1.44. The summed E-state index contributed by atoms with van der Waals surface area (Å²) in [4.78, 5) is 26.7. The molecule has 1 saturated carbocycles. The van der Waals surface area contributed by atoms with Crippen molar-refractivity contribution in [2.45, 2.75) is 40.7 Å². The van der Waals surface area contributed by atoms with Gasteiger partial charge >= 0.3 is 210 Å². The second-order valence-corrected chi connectivity index (χ2v) is 15.4. The Kier molecular flexibility index (Phi) is 7.87. The van der Waals surface area contributed by atoms with Crippen LogP contribution in [-0.4, -0.2) is 38.1 Å². The van der Waals surface area contributed by atoms with Crippen LogP contribution < -0.4 is 10.6 Å². The molecule has 5 nitrogen and oxygen atoms in total. The smallest absolute Gasteiger partial charge is 0.147 e. The fourth-order valence-corrected chi connectivity index (χ4v) is 8.31. The topological polar surface area (TPSA) is 83.6 Å². The molecule has 1 aliphatic heterocycles. The number of halogens is 6. The number of carbonyl (C=O) groups excluding carboxylic acids is 2. The maximum atomic E-state index is 14.2. The molecule has 0 saturated heterocycles. The predicted molar refractivity (Wildman–Crippen MR) is 133 cm³/mol. The van der Waals surface area contributed by atoms with Crippen molar-refractivity contribution in [3.63, 3.8) is 0 Å². The Morgan fingerprint density at radius 2 is 1.86 bits per heavy atom. The predicted octanol–water partition coefficient (Wildman–Crippen LogP) is 5.65. The zero-order valence-corrected chi connectivity index (χ0v) is 22.9. The normalized spacial score (nSPS) is 23.7. The van der Waals surface area contributed by atoms with Gasteiger partial charge in [0.1, 0.15) is 0 Å². The van der Waals surface area contributed by atoms with Crippen molar-refractivity contribution in [2.75, 3.05) is 11.4 Å². The summed E-state index contributed by atoms with van der Waals surface area (Å²) in [5.74, 6) is -1.95. The Bertz CT molecular complexity index is 1190. The van der Waals surface area contributed by atoms with Crippen molar-refractivity contribution < 1.29 is 27.9 Å². The van der Waals surface area contributed by atoms with Gasteiger partial charge in [-0.1, -0.05) is 0 Å². The van der Waals surface area contributed by atoms with E-state index in [1.54, 1.807) is 0 Å². The van der Waals surface area contributed by atoms with Gasteiger partial charge < -0.3 is 0 Å². The number of anilines is 1. The van der Waals surface area contributed by atoms with E-state index in [-0.39, 0.29) is 46.2 Å². The molecule has 190 valence electrons. The quantitative estimate of drug-likeness (QED) is 0.428. The second kappa shape index (κ2) is 9.79. The zero-order chi connectivity index (χ0) is 25.2. The number of alkyl halides is 3. The summed E-state index contributed by atoms with van der Waals surface area (Å²) in [6, 6.07) is 5.53. The van der Waals surface area contributed by atoms with Crippen molar-refractivity contribution in [1.82, 2.24) is 0 Å². The average Bonchev–Trinajstić information content (AvgIpc) is 2.90. The van der Waals surface area contributed by atoms with E-state index in [4.69, 9.17) is 28.9 Å². The van der Waals surface area contributed by atoms with Crippen molar-refractivity contribution in [3.8, 4) is 0 Å². The first kappa shape index (κ1) is 28.1. The van der Waals surface area contributed by atoms with Crippen molar-refractivity contribution in [2.24, 2.45) is 11.7 Å². The summed E-state index contributed by atoms with van der Waals surface area (Å²) in [5, 5.41) is 11.8. The fraction of sp³-hybridized carbons (Fsp3) is 0.391. The number of fused-ring (bicyclic) bond motifs is 1. The van der Waals surface area contributed by atoms with E-state index in [0.717, 1.165) is 23.8 Å². The zero-order valence-electron chi connectivity index (χ0n) is 18.7. The van der Waals surface area contributed by atoms with Crippen molar-refractivity contribution in [3.05, 3.63) is 62.6 Å². The van der Waals surface area contributed by atoms with Gasteiger partial charge in [0.2, 0.25) is 0 Å². The van der Waals surface area contributed by atoms with Gasteiger partial charge in [0.05, 0.1) is 0 Å². The van der Waals surface area contributed by atoms with Crippen LogP contribution in [0.3, 0.4) is 0 Å². The van der Waals surface area contributed by atoms with Gasteiger partial charge in [-0.2, -0.15) is 0 Å². The Labute approximate surface area is 221 Å². The Morgan fingerprint density at radius 3 is 2.37 bits per heavy atom. The maximum absolute atomic E-state index is 14.2. The van der Waals surface area contributed by atoms with Crippen LogP contribution in [0.4, 0.5) is 18.9 Å². The summed E-state index contributed by atoms with van der Waals surface area (Å²) in [6.07, 6.45) is -3.24. The molecule has 2 aromatic carbocycles. The van der Waals surface area contributed by atoms with Gasteiger partial charge in [-0.25, -0.2) is 0 Å². The number of aliphatic hydroxyl groups is 1. The first-order valence-electron chi connectivity index (χ1n) is 10.5. The summed E-state index contributed by atoms with van der Waals surface area (Å²) in [7, 11) is 0. The summed E-state index contributed by atoms with van der Waals surface area (Å²) in [5.41, 5.74) is 4.28. The number of hydrogen-bond acceptors (Lipinski definition) is 3. The van der Waals surface area contributed by atoms with E-state index in [1.807, 2.05) is 0 Å². The van der Waals surface area contributed by atoms with Gasteiger partial charge in [0.15, 0.2) is 0 Å². The molecule has 3 N–H and O–H groups in total. The number of carbonyl (C=O) groups is 2. The molecule has 1 aliphatic carbocycles. The molecule has 1 atom stereocenters. The third kappa shape index (κ3) is 4.80. The maximum Gasteiger partial charge on any atom is -0.147 e. The number of nitrogens with zero attached hydrogens (tertiary/aromatic N) is 1. The Balaban J connectivity index is 0.00000342. The van der Waals surface area contributed by atoms with Crippen LogP contribution in [0.15, 0.2) is 30.3 Å². The molecular formula is C23H23AsCl3F3N2O3. The molecule has 4 rings (SSSR count). The number of nitrogens with two attached hydrogens (primary N) is 1. The largest absolute Gasteiger partial charge is 0.147 e. The monoisotopic (exact) mass is 612 g/mol. The fourth-order valence-electron chi connectivity index (χ4n) is 4.74. The van der Waals surface area contributed by atoms with Crippen LogP contribution in [0.2, 0.25) is 26.2 Å². The molecule has 0 radical (unpaired) electrons. The second-order valence-electron chi connectivity index (χ2n) is 8.99. The third-order valence-corrected chi connectivity index (χ3v) is 11.1. The molecule has 2 amide bonds. The summed E-state index contributed by atoms with van der Waals surface area (Å²) >= 11 is 11.3. The third-order valence-electron chi connectivity index (χ3n) is 6.62. The molecule has 12 heteroatoms. The molecule has 1 heterocycles. The van der Waals surface area contributed by atoms with Crippen LogP contribution in [0.25, 0.3) is 0 Å². The number of primary amides is 1. The van der Waals surface area contributed by atoms with E-state index in [9.17, 15) is 27.9 Å². The molecular weight excluding hydrogens is 591 g/mol. The number of hydrogen-bond donors (Lipinski definition) is 2. The van der Waals surface area contributed by atoms with E-state index >= 15 is 0 Å². The number of benzene rings is 2. The van der Waals surface area contributed by atoms with Crippen molar-refractivity contribution >= 4 is 67.8 Å². The SMILES string of the molecule is C[As](C)C1CC(CN2C(=O)C(O)(c3ccc(Cl)cc3Cl)c3c2cc(C(N)=O)cc3C(F)(F)F)C1.Cl. The standard InChI is InChI=1S/C23H22AsCl2F3N2O3.ClH/c1-24(2)13-5-11(6-13)10-31-18-8-12(20(30)32)7-16(23(27,28)29)19(18)22(34,21(31)33)15-4-3-14(25)9-17(15)26;/h3-4,7-9,11,13,34H,5-6,10H2,1-2H3,(H2,30,32);1H. The summed E-state index contributed by atoms with van der Waals surface area (Å²) in [6.45, 7) is 0.123. The number of amides is 2. The minimum atomic E-state index is -4.98. The molecule has 0 aromatic heterocycles. The van der Waals surface area contributed by atoms with Gasteiger partial charge in [0, 0.05) is 0 Å². The van der Waals surface area contributed by atoms with Crippen LogP contribution in [-0.2, 0) is 16.6 Å². The molecule has 2 aliphatic rings. The molecule has 35 heavy (non-hydrogen) atoms. The van der Waals surface area contributed by atoms with Crippen LogP contribution in [0, 0.1) is 5.92 Å². The minimum absolute atomic E-state index is 0.